The molecule has 1 aromatic heterocycles. The highest BCUT2D eigenvalue weighted by molar-refractivity contribution is 8.18. The minimum Gasteiger partial charge on any atom is -0.478 e. The van der Waals surface area contributed by atoms with Crippen LogP contribution < -0.4 is 0 Å². The van der Waals surface area contributed by atoms with E-state index < -0.39 is 35.6 Å². The van der Waals surface area contributed by atoms with Gasteiger partial charge in [0.2, 0.25) is 0 Å². The van der Waals surface area contributed by atoms with Crippen LogP contribution in [0.25, 0.3) is 17.4 Å². The summed E-state index contributed by atoms with van der Waals surface area (Å²) in [6.45, 7) is 2.78. The van der Waals surface area contributed by atoms with E-state index in [1.54, 1.807) is 13.8 Å². The molecule has 166 valence electrons. The van der Waals surface area contributed by atoms with Gasteiger partial charge in [0.1, 0.15) is 18.1 Å². The minimum absolute atomic E-state index is 0.0266. The molecule has 0 spiro atoms. The number of nitrogens with zero attached hydrogens (tertiary/aromatic N) is 1. The maximum absolute atomic E-state index is 12.5. The van der Waals surface area contributed by atoms with Gasteiger partial charge in [0.05, 0.1) is 22.1 Å². The zero-order valence-electron chi connectivity index (χ0n) is 16.9. The normalized spacial score (nSPS) is 15.0. The predicted molar refractivity (Wildman–Crippen MR) is 112 cm³/mol. The Bertz CT molecular complexity index is 1130. The second kappa shape index (κ2) is 9.10. The molecule has 0 saturated carbocycles. The number of esters is 1. The number of imide groups is 1. The molecule has 2 heterocycles. The van der Waals surface area contributed by atoms with Gasteiger partial charge in [-0.2, -0.15) is 0 Å². The molecule has 1 aliphatic rings. The van der Waals surface area contributed by atoms with E-state index in [0.717, 1.165) is 11.0 Å². The number of carboxylic acid groups (broad SMARTS) is 2. The van der Waals surface area contributed by atoms with Crippen molar-refractivity contribution in [3.8, 4) is 11.3 Å². The van der Waals surface area contributed by atoms with Crippen molar-refractivity contribution in [1.82, 2.24) is 4.90 Å². The smallest absolute Gasteiger partial charge is 0.335 e. The molecule has 1 aromatic carbocycles. The Morgan fingerprint density at radius 2 is 1.72 bits per heavy atom. The monoisotopic (exact) mass is 459 g/mol. The number of aromatic carboxylic acids is 2. The summed E-state index contributed by atoms with van der Waals surface area (Å²) in [4.78, 5) is 59.7. The molecule has 2 amide bonds. The highest BCUT2D eigenvalue weighted by atomic mass is 32.2. The molecule has 2 aromatic rings. The average Bonchev–Trinajstić information content (AvgIpc) is 3.27. The standard InChI is InChI=1S/C21H17NO9S/c1-10(2)30-17(23)9-22-18(24)16(32-21(22)29)8-14-3-4-15(31-14)11-5-12(19(25)26)7-13(6-11)20(27)28/h3-8,10H,9H2,1-2H3,(H,25,26)(H,27,28)/b16-8+. The Morgan fingerprint density at radius 3 is 2.28 bits per heavy atom. The van der Waals surface area contributed by atoms with Crippen LogP contribution in [0.1, 0.15) is 40.3 Å². The molecular weight excluding hydrogens is 442 g/mol. The molecule has 0 atom stereocenters. The summed E-state index contributed by atoms with van der Waals surface area (Å²) in [7, 11) is 0. The van der Waals surface area contributed by atoms with Crippen molar-refractivity contribution in [2.45, 2.75) is 20.0 Å². The second-order valence-corrected chi connectivity index (χ2v) is 7.91. The lowest BCUT2D eigenvalue weighted by atomic mass is 10.0. The summed E-state index contributed by atoms with van der Waals surface area (Å²) >= 11 is 0.631. The summed E-state index contributed by atoms with van der Waals surface area (Å²) in [5, 5.41) is 17.8. The molecule has 1 fully saturated rings. The van der Waals surface area contributed by atoms with Crippen molar-refractivity contribution in [2.24, 2.45) is 0 Å². The molecule has 0 radical (unpaired) electrons. The van der Waals surface area contributed by atoms with Crippen LogP contribution in [0.15, 0.2) is 39.7 Å². The predicted octanol–water partition coefficient (Wildman–Crippen LogP) is 3.33. The van der Waals surface area contributed by atoms with Crippen LogP contribution in [0, 0.1) is 0 Å². The van der Waals surface area contributed by atoms with Crippen LogP contribution in [-0.4, -0.2) is 56.8 Å². The van der Waals surface area contributed by atoms with Crippen LogP contribution in [0.3, 0.4) is 0 Å². The van der Waals surface area contributed by atoms with E-state index in [1.165, 1.54) is 30.3 Å². The summed E-state index contributed by atoms with van der Waals surface area (Å²) in [5.41, 5.74) is -0.244. The van der Waals surface area contributed by atoms with Gasteiger partial charge in [0, 0.05) is 11.6 Å². The number of rotatable bonds is 7. The number of furan rings is 1. The zero-order valence-corrected chi connectivity index (χ0v) is 17.7. The summed E-state index contributed by atoms with van der Waals surface area (Å²) in [5.74, 6) is -3.65. The van der Waals surface area contributed by atoms with Gasteiger partial charge in [-0.25, -0.2) is 9.59 Å². The van der Waals surface area contributed by atoms with E-state index in [9.17, 15) is 34.2 Å². The first kappa shape index (κ1) is 22.8. The van der Waals surface area contributed by atoms with Crippen molar-refractivity contribution < 1.29 is 43.3 Å². The Kier molecular flexibility index (Phi) is 6.49. The van der Waals surface area contributed by atoms with Crippen molar-refractivity contribution in [1.29, 1.82) is 0 Å². The van der Waals surface area contributed by atoms with Gasteiger partial charge in [-0.15, -0.1) is 0 Å². The van der Waals surface area contributed by atoms with Crippen LogP contribution in [0.4, 0.5) is 4.79 Å². The Hall–Kier alpha value is -3.86. The Morgan fingerprint density at radius 1 is 1.09 bits per heavy atom. The molecular formula is C21H17NO9S. The number of amides is 2. The number of carbonyl (C=O) groups is 5. The van der Waals surface area contributed by atoms with Crippen LogP contribution in [-0.2, 0) is 14.3 Å². The molecule has 0 unspecified atom stereocenters. The van der Waals surface area contributed by atoms with Gasteiger partial charge < -0.3 is 19.4 Å². The maximum Gasteiger partial charge on any atom is 0.335 e. The van der Waals surface area contributed by atoms with Crippen LogP contribution >= 0.6 is 11.8 Å². The van der Waals surface area contributed by atoms with E-state index in [0.29, 0.717) is 11.8 Å². The van der Waals surface area contributed by atoms with Gasteiger partial charge in [-0.3, -0.25) is 19.3 Å². The molecule has 32 heavy (non-hydrogen) atoms. The third kappa shape index (κ3) is 5.06. The number of carboxylic acids is 2. The number of benzene rings is 1. The molecule has 1 saturated heterocycles. The van der Waals surface area contributed by atoms with Crippen molar-refractivity contribution >= 4 is 46.9 Å². The highest BCUT2D eigenvalue weighted by Crippen LogP contribution is 2.33. The second-order valence-electron chi connectivity index (χ2n) is 6.92. The topological polar surface area (TPSA) is 151 Å². The number of hydrogen-bond acceptors (Lipinski definition) is 8. The summed E-state index contributed by atoms with van der Waals surface area (Å²) < 4.78 is 10.6. The largest absolute Gasteiger partial charge is 0.478 e. The van der Waals surface area contributed by atoms with E-state index in [-0.39, 0.29) is 39.2 Å². The van der Waals surface area contributed by atoms with E-state index >= 15 is 0 Å². The van der Waals surface area contributed by atoms with Gasteiger partial charge in [-0.05, 0) is 55.9 Å². The first-order valence-corrected chi connectivity index (χ1v) is 10.0. The van der Waals surface area contributed by atoms with Crippen molar-refractivity contribution in [2.75, 3.05) is 6.54 Å². The zero-order chi connectivity index (χ0) is 23.6. The first-order valence-electron chi connectivity index (χ1n) is 9.22. The fourth-order valence-electron chi connectivity index (χ4n) is 2.80. The van der Waals surface area contributed by atoms with E-state index in [2.05, 4.69) is 0 Å². The Labute approximate surface area is 185 Å². The lowest BCUT2D eigenvalue weighted by Crippen LogP contribution is -2.35. The summed E-state index contributed by atoms with van der Waals surface area (Å²) in [6, 6.07) is 6.49. The van der Waals surface area contributed by atoms with Crippen LogP contribution in [0.2, 0.25) is 0 Å². The fourth-order valence-corrected chi connectivity index (χ4v) is 3.62. The first-order chi connectivity index (χ1) is 15.0. The maximum atomic E-state index is 12.5. The molecule has 3 rings (SSSR count). The van der Waals surface area contributed by atoms with Gasteiger partial charge in [0.25, 0.3) is 11.1 Å². The third-order valence-corrected chi connectivity index (χ3v) is 5.05. The quantitative estimate of drug-likeness (QED) is 0.466. The molecule has 10 nitrogen and oxygen atoms in total. The molecule has 0 aliphatic carbocycles. The number of hydrogen-bond donors (Lipinski definition) is 2. The lowest BCUT2D eigenvalue weighted by Gasteiger charge is -2.13. The Balaban J connectivity index is 1.84. The molecule has 2 N–H and O–H groups in total. The van der Waals surface area contributed by atoms with Gasteiger partial charge in [-0.1, -0.05) is 0 Å². The van der Waals surface area contributed by atoms with E-state index in [1.807, 2.05) is 0 Å². The molecule has 0 bridgehead atoms. The van der Waals surface area contributed by atoms with Crippen molar-refractivity contribution in [3.63, 3.8) is 0 Å². The lowest BCUT2D eigenvalue weighted by molar-refractivity contribution is -0.149. The molecule has 1 aliphatic heterocycles. The minimum atomic E-state index is -1.30. The third-order valence-electron chi connectivity index (χ3n) is 4.14. The number of thioether (sulfide) groups is 1. The van der Waals surface area contributed by atoms with Crippen LogP contribution in [0.5, 0.6) is 0 Å². The number of carbonyl (C=O) groups excluding carboxylic acids is 3. The SMILES string of the molecule is CC(C)OC(=O)CN1C(=O)S/C(=C/c2ccc(-c3cc(C(=O)O)cc(C(=O)O)c3)o2)C1=O. The fraction of sp³-hybridized carbons (Fsp3) is 0.190. The van der Waals surface area contributed by atoms with Gasteiger partial charge in [0.15, 0.2) is 0 Å². The highest BCUT2D eigenvalue weighted by Gasteiger charge is 2.37. The molecule has 11 heteroatoms. The number of ether oxygens (including phenoxy) is 1. The summed E-state index contributed by atoms with van der Waals surface area (Å²) in [6.07, 6.45) is 0.919. The van der Waals surface area contributed by atoms with Crippen molar-refractivity contribution in [3.05, 3.63) is 52.1 Å². The van der Waals surface area contributed by atoms with Gasteiger partial charge >= 0.3 is 17.9 Å². The average molecular weight is 459 g/mol. The van der Waals surface area contributed by atoms with E-state index in [4.69, 9.17) is 9.15 Å².